The minimum Gasteiger partial charge on any atom is -0.451 e. The van der Waals surface area contributed by atoms with Gasteiger partial charge in [-0.05, 0) is 73.2 Å². The van der Waals surface area contributed by atoms with Crippen molar-refractivity contribution in [2.75, 3.05) is 5.32 Å². The Morgan fingerprint density at radius 1 is 1.08 bits per heavy atom. The number of thiocarbonyl (C=S) groups is 1. The van der Waals surface area contributed by atoms with Crippen LogP contribution in [0.3, 0.4) is 0 Å². The first kappa shape index (κ1) is 24.4. The molecule has 0 bridgehead atoms. The van der Waals surface area contributed by atoms with Crippen molar-refractivity contribution in [3.63, 3.8) is 0 Å². The van der Waals surface area contributed by atoms with E-state index in [1.165, 1.54) is 11.3 Å². The number of carbonyl (C=O) groups is 1. The highest BCUT2D eigenvalue weighted by Crippen LogP contribution is 2.30. The van der Waals surface area contributed by atoms with E-state index >= 15 is 0 Å². The van der Waals surface area contributed by atoms with Crippen LogP contribution >= 0.6 is 46.8 Å². The largest absolute Gasteiger partial charge is 0.451 e. The Kier molecular flexibility index (Phi) is 6.76. The summed E-state index contributed by atoms with van der Waals surface area (Å²) in [6, 6.07) is 14.2. The number of aromatic nitrogens is 4. The number of aryl methyl sites for hydroxylation is 2. The van der Waals surface area contributed by atoms with Gasteiger partial charge in [0.25, 0.3) is 5.91 Å². The van der Waals surface area contributed by atoms with Crippen LogP contribution in [0.25, 0.3) is 26.9 Å². The van der Waals surface area contributed by atoms with E-state index in [1.807, 2.05) is 32.0 Å². The van der Waals surface area contributed by atoms with Gasteiger partial charge in [0.1, 0.15) is 10.8 Å². The first-order chi connectivity index (χ1) is 17.3. The molecule has 0 aliphatic heterocycles. The maximum atomic E-state index is 12.6. The van der Waals surface area contributed by atoms with Crippen molar-refractivity contribution in [2.45, 2.75) is 20.3 Å². The van der Waals surface area contributed by atoms with Gasteiger partial charge in [-0.25, -0.2) is 0 Å². The number of rotatable bonds is 5. The molecule has 0 saturated heterocycles. The highest BCUT2D eigenvalue weighted by atomic mass is 35.5. The fourth-order valence-electron chi connectivity index (χ4n) is 3.51. The molecule has 0 fully saturated rings. The summed E-state index contributed by atoms with van der Waals surface area (Å²) in [5.74, 6) is 0.950. The molecule has 3 heterocycles. The van der Waals surface area contributed by atoms with Crippen LogP contribution in [0.4, 0.5) is 5.69 Å². The van der Waals surface area contributed by atoms with E-state index in [2.05, 4.69) is 25.9 Å². The van der Waals surface area contributed by atoms with Crippen LogP contribution in [0, 0.1) is 6.92 Å². The molecule has 3 aromatic heterocycles. The second-order valence-electron chi connectivity index (χ2n) is 7.80. The molecule has 0 unspecified atom stereocenters. The van der Waals surface area contributed by atoms with E-state index in [-0.39, 0.29) is 10.9 Å². The molecule has 0 aliphatic rings. The van der Waals surface area contributed by atoms with E-state index in [0.29, 0.717) is 21.4 Å². The number of furan rings is 1. The van der Waals surface area contributed by atoms with Crippen LogP contribution in [0.2, 0.25) is 10.0 Å². The molecule has 0 radical (unpaired) electrons. The summed E-state index contributed by atoms with van der Waals surface area (Å²) < 4.78 is 7.45. The van der Waals surface area contributed by atoms with Gasteiger partial charge in [-0.1, -0.05) is 41.5 Å². The fourth-order valence-corrected chi connectivity index (χ4v) is 4.87. The summed E-state index contributed by atoms with van der Waals surface area (Å²) in [4.78, 5) is 13.4. The van der Waals surface area contributed by atoms with Crippen LogP contribution in [0.1, 0.15) is 28.9 Å². The second-order valence-corrected chi connectivity index (χ2v) is 9.98. The molecule has 36 heavy (non-hydrogen) atoms. The molecule has 2 N–H and O–H groups in total. The number of hydrogen-bond acceptors (Lipinski definition) is 7. The monoisotopic (exact) mass is 556 g/mol. The third-order valence-electron chi connectivity index (χ3n) is 5.35. The van der Waals surface area contributed by atoms with Crippen molar-refractivity contribution in [1.82, 2.24) is 25.1 Å². The maximum absolute atomic E-state index is 12.6. The lowest BCUT2D eigenvalue weighted by atomic mass is 10.1. The van der Waals surface area contributed by atoms with Crippen molar-refractivity contribution < 1.29 is 9.21 Å². The smallest absolute Gasteiger partial charge is 0.293 e. The lowest BCUT2D eigenvalue weighted by Gasteiger charge is -2.12. The summed E-state index contributed by atoms with van der Waals surface area (Å²) in [6.07, 6.45) is 0.754. The van der Waals surface area contributed by atoms with Gasteiger partial charge in [-0.2, -0.15) is 9.61 Å². The molecule has 5 rings (SSSR count). The number of amides is 1. The topological polar surface area (TPSA) is 97.3 Å². The third-order valence-corrected chi connectivity index (χ3v) is 7.25. The zero-order valence-corrected chi connectivity index (χ0v) is 22.1. The molecule has 0 aliphatic carbocycles. The van der Waals surface area contributed by atoms with Gasteiger partial charge in [0.15, 0.2) is 16.7 Å². The molecule has 182 valence electrons. The Morgan fingerprint density at radius 3 is 2.64 bits per heavy atom. The molecular weight excluding hydrogens is 539 g/mol. The van der Waals surface area contributed by atoms with Crippen molar-refractivity contribution in [2.24, 2.45) is 0 Å². The number of benzene rings is 2. The number of carbonyl (C=O) groups excluding carboxylic acids is 1. The highest BCUT2D eigenvalue weighted by Gasteiger charge is 2.16. The van der Waals surface area contributed by atoms with Crippen molar-refractivity contribution in [1.29, 1.82) is 0 Å². The summed E-state index contributed by atoms with van der Waals surface area (Å²) in [7, 11) is 0. The Bertz CT molecular complexity index is 1620. The van der Waals surface area contributed by atoms with Crippen LogP contribution in [-0.4, -0.2) is 30.8 Å². The summed E-state index contributed by atoms with van der Waals surface area (Å²) in [6.45, 7) is 3.96. The van der Waals surface area contributed by atoms with Crippen LogP contribution < -0.4 is 10.6 Å². The van der Waals surface area contributed by atoms with Crippen LogP contribution in [0.5, 0.6) is 0 Å². The Labute approximate surface area is 225 Å². The third kappa shape index (κ3) is 4.85. The van der Waals surface area contributed by atoms with Crippen molar-refractivity contribution in [3.8, 4) is 21.9 Å². The minimum absolute atomic E-state index is 0.113. The van der Waals surface area contributed by atoms with Gasteiger partial charge in [0.05, 0.1) is 10.0 Å². The molecule has 0 saturated carbocycles. The van der Waals surface area contributed by atoms with Gasteiger partial charge in [0.2, 0.25) is 4.96 Å². The normalized spacial score (nSPS) is 11.1. The Balaban J connectivity index is 1.25. The Morgan fingerprint density at radius 2 is 1.89 bits per heavy atom. The van der Waals surface area contributed by atoms with Gasteiger partial charge in [-0.15, -0.1) is 10.2 Å². The molecule has 12 heteroatoms. The predicted molar refractivity (Wildman–Crippen MR) is 146 cm³/mol. The van der Waals surface area contributed by atoms with E-state index in [1.54, 1.807) is 34.8 Å². The molecule has 0 atom stereocenters. The van der Waals surface area contributed by atoms with Crippen LogP contribution in [0.15, 0.2) is 52.9 Å². The van der Waals surface area contributed by atoms with Gasteiger partial charge in [-0.3, -0.25) is 10.1 Å². The van der Waals surface area contributed by atoms with E-state index < -0.39 is 5.91 Å². The first-order valence-electron chi connectivity index (χ1n) is 10.8. The summed E-state index contributed by atoms with van der Waals surface area (Å²) in [5, 5.41) is 20.5. The summed E-state index contributed by atoms with van der Waals surface area (Å²) in [5.41, 5.74) is 3.36. The predicted octanol–water partition coefficient (Wildman–Crippen LogP) is 6.42. The molecule has 5 aromatic rings. The first-order valence-corrected chi connectivity index (χ1v) is 12.8. The molecule has 8 nitrogen and oxygen atoms in total. The van der Waals surface area contributed by atoms with Gasteiger partial charge in [0, 0.05) is 23.2 Å². The van der Waals surface area contributed by atoms with Gasteiger partial charge < -0.3 is 9.73 Å². The van der Waals surface area contributed by atoms with E-state index in [0.717, 1.165) is 39.0 Å². The highest BCUT2D eigenvalue weighted by molar-refractivity contribution is 7.80. The fraction of sp³-hybridized carbons (Fsp3) is 0.125. The quantitative estimate of drug-likeness (QED) is 0.241. The minimum atomic E-state index is -0.473. The molecule has 2 aromatic carbocycles. The standard InChI is InChI=1S/C24H18Cl2N6O2S2/c1-3-20-29-30-24-32(20)31-22(36-24)14-5-7-17(12(2)10-14)27-23(35)28-21(33)19-9-8-18(34-19)13-4-6-15(25)16(26)11-13/h4-11H,3H2,1-2H3,(H2,27,28,33,35). The SMILES string of the molecule is CCc1nnc2sc(-c3ccc(NC(=S)NC(=O)c4ccc(-c5ccc(Cl)c(Cl)c5)o4)c(C)c3)nn12. The average molecular weight is 557 g/mol. The number of nitrogens with zero attached hydrogens (tertiary/aromatic N) is 4. The lowest BCUT2D eigenvalue weighted by molar-refractivity contribution is 0.0951. The lowest BCUT2D eigenvalue weighted by Crippen LogP contribution is -2.34. The number of fused-ring (bicyclic) bond motifs is 1. The van der Waals surface area contributed by atoms with E-state index in [4.69, 9.17) is 39.8 Å². The zero-order valence-electron chi connectivity index (χ0n) is 19.0. The van der Waals surface area contributed by atoms with E-state index in [9.17, 15) is 4.79 Å². The number of halogens is 2. The Hall–Kier alpha value is -3.31. The van der Waals surface area contributed by atoms with Crippen molar-refractivity contribution >= 4 is 68.4 Å². The van der Waals surface area contributed by atoms with Crippen molar-refractivity contribution in [3.05, 3.63) is 75.7 Å². The molecule has 0 spiro atoms. The summed E-state index contributed by atoms with van der Waals surface area (Å²) >= 11 is 18.9. The second kappa shape index (κ2) is 9.98. The average Bonchev–Trinajstić information content (AvgIpc) is 3.58. The zero-order chi connectivity index (χ0) is 25.4. The number of anilines is 1. The van der Waals surface area contributed by atoms with Gasteiger partial charge >= 0.3 is 0 Å². The van der Waals surface area contributed by atoms with Crippen LogP contribution in [-0.2, 0) is 6.42 Å². The molecule has 1 amide bonds. The number of nitrogens with one attached hydrogen (secondary N) is 2. The molecular formula is C24H18Cl2N6O2S2. The number of hydrogen-bond donors (Lipinski definition) is 2. The maximum Gasteiger partial charge on any atom is 0.293 e.